The Labute approximate surface area is 116 Å². The van der Waals surface area contributed by atoms with Crippen molar-refractivity contribution in [1.82, 2.24) is 4.90 Å². The van der Waals surface area contributed by atoms with E-state index < -0.39 is 24.4 Å². The van der Waals surface area contributed by atoms with Gasteiger partial charge in [-0.25, -0.2) is 4.39 Å². The van der Waals surface area contributed by atoms with E-state index >= 15 is 0 Å². The topological polar surface area (TPSA) is 84.2 Å². The van der Waals surface area contributed by atoms with Gasteiger partial charge in [0.2, 0.25) is 0 Å². The minimum atomic E-state index is -1.25. The van der Waals surface area contributed by atoms with Crippen molar-refractivity contribution in [3.05, 3.63) is 35.6 Å². The van der Waals surface area contributed by atoms with Gasteiger partial charge in [-0.05, 0) is 24.1 Å². The van der Waals surface area contributed by atoms with Gasteiger partial charge in [0.1, 0.15) is 18.0 Å². The van der Waals surface area contributed by atoms with Crippen LogP contribution >= 0.6 is 0 Å². The number of rotatable bonds is 4. The van der Waals surface area contributed by atoms with E-state index in [0.717, 1.165) is 5.56 Å². The minimum absolute atomic E-state index is 0.165. The Hall–Kier alpha value is -1.05. The molecular weight excluding hydrogens is 265 g/mol. The van der Waals surface area contributed by atoms with Gasteiger partial charge in [-0.15, -0.1) is 0 Å². The van der Waals surface area contributed by atoms with E-state index in [2.05, 4.69) is 0 Å². The van der Waals surface area contributed by atoms with E-state index in [9.17, 15) is 24.8 Å². The van der Waals surface area contributed by atoms with Crippen molar-refractivity contribution in [2.45, 2.75) is 30.8 Å². The van der Waals surface area contributed by atoms with Gasteiger partial charge in [0, 0.05) is 13.1 Å². The maximum atomic E-state index is 13.1. The first-order valence-corrected chi connectivity index (χ1v) is 6.66. The summed E-state index contributed by atoms with van der Waals surface area (Å²) in [4.78, 5) is 1.72. The fraction of sp³-hybridized carbons (Fsp3) is 0.571. The second-order valence-corrected chi connectivity index (χ2v) is 5.17. The highest BCUT2D eigenvalue weighted by atomic mass is 19.1. The Morgan fingerprint density at radius 2 is 1.95 bits per heavy atom. The van der Waals surface area contributed by atoms with Gasteiger partial charge in [0.15, 0.2) is 0 Å². The summed E-state index contributed by atoms with van der Waals surface area (Å²) in [6.45, 7) is 0.308. The Bertz CT molecular complexity index is 445. The van der Waals surface area contributed by atoms with Crippen LogP contribution in [0.25, 0.3) is 0 Å². The molecule has 0 aliphatic carbocycles. The van der Waals surface area contributed by atoms with Crippen molar-refractivity contribution in [3.63, 3.8) is 0 Å². The Morgan fingerprint density at radius 3 is 2.60 bits per heavy atom. The molecule has 1 aromatic carbocycles. The van der Waals surface area contributed by atoms with Crippen LogP contribution in [0.15, 0.2) is 24.3 Å². The van der Waals surface area contributed by atoms with Crippen LogP contribution in [0.4, 0.5) is 4.39 Å². The number of likely N-dealkylation sites (tertiary alicyclic amines) is 1. The number of nitrogens with zero attached hydrogens (tertiary/aromatic N) is 1. The molecule has 0 saturated carbocycles. The maximum Gasteiger partial charge on any atom is 0.123 e. The van der Waals surface area contributed by atoms with Crippen molar-refractivity contribution < 1.29 is 24.8 Å². The summed E-state index contributed by atoms with van der Waals surface area (Å²) in [7, 11) is 0. The van der Waals surface area contributed by atoms with Gasteiger partial charge in [0.25, 0.3) is 0 Å². The number of benzene rings is 1. The molecule has 1 aliphatic rings. The fourth-order valence-electron chi connectivity index (χ4n) is 2.60. The quantitative estimate of drug-likeness (QED) is 0.578. The highest BCUT2D eigenvalue weighted by molar-refractivity contribution is 5.16. The molecule has 1 aromatic rings. The van der Waals surface area contributed by atoms with E-state index in [-0.39, 0.29) is 19.0 Å². The van der Waals surface area contributed by atoms with Gasteiger partial charge < -0.3 is 20.4 Å². The van der Waals surface area contributed by atoms with E-state index in [1.54, 1.807) is 17.0 Å². The van der Waals surface area contributed by atoms with Crippen LogP contribution in [0.2, 0.25) is 0 Å². The molecular formula is C14H20FNO4. The van der Waals surface area contributed by atoms with E-state index in [0.29, 0.717) is 13.0 Å². The van der Waals surface area contributed by atoms with Gasteiger partial charge in [0.05, 0.1) is 18.8 Å². The summed E-state index contributed by atoms with van der Waals surface area (Å²) in [5.74, 6) is -0.310. The minimum Gasteiger partial charge on any atom is -0.395 e. The van der Waals surface area contributed by atoms with E-state index in [1.807, 2.05) is 0 Å². The summed E-state index contributed by atoms with van der Waals surface area (Å²) < 4.78 is 13.1. The van der Waals surface area contributed by atoms with Crippen molar-refractivity contribution in [3.8, 4) is 0 Å². The van der Waals surface area contributed by atoms with Crippen LogP contribution in [0, 0.1) is 5.82 Å². The summed E-state index contributed by atoms with van der Waals surface area (Å²) in [6.07, 6.45) is -2.97. The zero-order valence-corrected chi connectivity index (χ0v) is 11.1. The summed E-state index contributed by atoms with van der Waals surface area (Å²) in [5.41, 5.74) is 0.803. The van der Waals surface area contributed by atoms with Crippen molar-refractivity contribution >= 4 is 0 Å². The zero-order chi connectivity index (χ0) is 14.7. The molecule has 1 fully saturated rings. The second-order valence-electron chi connectivity index (χ2n) is 5.17. The van der Waals surface area contributed by atoms with Gasteiger partial charge >= 0.3 is 0 Å². The number of halogens is 1. The molecule has 20 heavy (non-hydrogen) atoms. The lowest BCUT2D eigenvalue weighted by Gasteiger charge is -2.43. The molecule has 4 N–H and O–H groups in total. The second kappa shape index (κ2) is 6.60. The number of β-amino-alcohol motifs (C(OH)–C–C–N with tert-alkyl or cyclic N) is 1. The third kappa shape index (κ3) is 3.34. The standard InChI is InChI=1S/C14H20FNO4/c15-10-3-1-2-9(6-10)4-5-16-7-12(18)14(20)13(19)11(16)8-17/h1-3,6,11-14,17-20H,4-5,7-8H2/t11-,12-,13-,14-/m1/s1. The number of piperidine rings is 1. The first kappa shape index (κ1) is 15.3. The fourth-order valence-corrected chi connectivity index (χ4v) is 2.60. The number of hydrogen-bond donors (Lipinski definition) is 4. The average Bonchev–Trinajstić information content (AvgIpc) is 2.43. The molecule has 0 aromatic heterocycles. The predicted molar refractivity (Wildman–Crippen MR) is 70.6 cm³/mol. The predicted octanol–water partition coefficient (Wildman–Crippen LogP) is -0.873. The zero-order valence-electron chi connectivity index (χ0n) is 11.1. The molecule has 5 nitrogen and oxygen atoms in total. The molecule has 4 atom stereocenters. The van der Waals surface area contributed by atoms with E-state index in [4.69, 9.17) is 0 Å². The molecule has 112 valence electrons. The Morgan fingerprint density at radius 1 is 1.20 bits per heavy atom. The van der Waals surface area contributed by atoms with Crippen LogP contribution < -0.4 is 0 Å². The van der Waals surface area contributed by atoms with Crippen LogP contribution in [0.3, 0.4) is 0 Å². The van der Waals surface area contributed by atoms with Crippen molar-refractivity contribution in [2.75, 3.05) is 19.7 Å². The highest BCUT2D eigenvalue weighted by Crippen LogP contribution is 2.19. The Balaban J connectivity index is 2.00. The normalized spacial score (nSPS) is 31.4. The van der Waals surface area contributed by atoms with Crippen LogP contribution in [0.1, 0.15) is 5.56 Å². The summed E-state index contributed by atoms with van der Waals surface area (Å²) >= 11 is 0. The Kier molecular flexibility index (Phi) is 5.06. The van der Waals surface area contributed by atoms with Crippen molar-refractivity contribution in [1.29, 1.82) is 0 Å². The molecule has 0 bridgehead atoms. The number of aliphatic hydroxyl groups is 4. The van der Waals surface area contributed by atoms with Gasteiger partial charge in [-0.3, -0.25) is 4.90 Å². The number of hydrogen-bond acceptors (Lipinski definition) is 5. The molecule has 0 radical (unpaired) electrons. The van der Waals surface area contributed by atoms with Gasteiger partial charge in [-0.1, -0.05) is 12.1 Å². The highest BCUT2D eigenvalue weighted by Gasteiger charge is 2.40. The third-order valence-electron chi connectivity index (χ3n) is 3.79. The molecule has 1 aliphatic heterocycles. The molecule has 0 spiro atoms. The summed E-state index contributed by atoms with van der Waals surface area (Å²) in [6, 6.07) is 5.59. The third-order valence-corrected chi connectivity index (χ3v) is 3.79. The summed E-state index contributed by atoms with van der Waals surface area (Å²) in [5, 5.41) is 38.5. The van der Waals surface area contributed by atoms with Crippen LogP contribution in [0.5, 0.6) is 0 Å². The molecule has 2 rings (SSSR count). The first-order valence-electron chi connectivity index (χ1n) is 6.66. The van der Waals surface area contributed by atoms with Crippen LogP contribution in [-0.2, 0) is 6.42 Å². The average molecular weight is 285 g/mol. The first-order chi connectivity index (χ1) is 9.52. The van der Waals surface area contributed by atoms with E-state index in [1.165, 1.54) is 12.1 Å². The van der Waals surface area contributed by atoms with Gasteiger partial charge in [-0.2, -0.15) is 0 Å². The van der Waals surface area contributed by atoms with Crippen molar-refractivity contribution in [2.24, 2.45) is 0 Å². The maximum absolute atomic E-state index is 13.1. The lowest BCUT2D eigenvalue weighted by Crippen LogP contribution is -2.62. The SMILES string of the molecule is OC[C@@H]1[C@@H](O)[C@H](O)[C@H](O)CN1CCc1cccc(F)c1. The largest absolute Gasteiger partial charge is 0.395 e. The lowest BCUT2D eigenvalue weighted by molar-refractivity contribution is -0.144. The molecule has 1 heterocycles. The molecule has 1 saturated heterocycles. The lowest BCUT2D eigenvalue weighted by atomic mass is 9.94. The van der Waals surface area contributed by atoms with Crippen LogP contribution in [-0.4, -0.2) is 69.4 Å². The molecule has 0 unspecified atom stereocenters. The number of aliphatic hydroxyl groups excluding tert-OH is 4. The monoisotopic (exact) mass is 285 g/mol. The molecule has 0 amide bonds. The molecule has 6 heteroatoms. The smallest absolute Gasteiger partial charge is 0.123 e.